The van der Waals surface area contributed by atoms with E-state index in [1.165, 1.54) is 0 Å². The number of aryl methyl sites for hydroxylation is 1. The molecule has 0 atom stereocenters. The molecular formula is C11H14N2O. The van der Waals surface area contributed by atoms with Gasteiger partial charge in [-0.3, -0.25) is 9.20 Å². The summed E-state index contributed by atoms with van der Waals surface area (Å²) in [5.41, 5.74) is 2.99. The molecule has 0 unspecified atom stereocenters. The zero-order chi connectivity index (χ0) is 10.3. The standard InChI is InChI=1S/C11H14N2O/c1-7(2)9-6-13-10(12-9)4-8(3)5-11(13)14/h4-7,12H,1-3H3. The minimum Gasteiger partial charge on any atom is -0.343 e. The smallest absolute Gasteiger partial charge is 0.256 e. The summed E-state index contributed by atoms with van der Waals surface area (Å²) in [7, 11) is 0. The molecule has 2 aromatic rings. The second-order valence-electron chi connectivity index (χ2n) is 3.99. The molecule has 0 aliphatic heterocycles. The maximum absolute atomic E-state index is 11.6. The molecule has 0 aromatic carbocycles. The molecule has 74 valence electrons. The Balaban J connectivity index is 2.77. The first-order valence-electron chi connectivity index (χ1n) is 4.80. The molecule has 2 rings (SSSR count). The van der Waals surface area contributed by atoms with Gasteiger partial charge in [0.15, 0.2) is 0 Å². The fourth-order valence-electron chi connectivity index (χ4n) is 1.55. The topological polar surface area (TPSA) is 37.3 Å². The van der Waals surface area contributed by atoms with Crippen LogP contribution in [0.3, 0.4) is 0 Å². The molecule has 2 heterocycles. The van der Waals surface area contributed by atoms with Gasteiger partial charge in [0, 0.05) is 18.0 Å². The minimum absolute atomic E-state index is 0.0307. The van der Waals surface area contributed by atoms with Crippen LogP contribution in [-0.2, 0) is 0 Å². The molecule has 0 saturated carbocycles. The van der Waals surface area contributed by atoms with Crippen LogP contribution in [-0.4, -0.2) is 9.38 Å². The summed E-state index contributed by atoms with van der Waals surface area (Å²) in [4.78, 5) is 14.8. The van der Waals surface area contributed by atoms with Crippen LogP contribution in [0.15, 0.2) is 23.1 Å². The van der Waals surface area contributed by atoms with Crippen LogP contribution in [0.25, 0.3) is 5.65 Å². The van der Waals surface area contributed by atoms with Crippen LogP contribution in [0.4, 0.5) is 0 Å². The van der Waals surface area contributed by atoms with E-state index in [-0.39, 0.29) is 5.56 Å². The number of fused-ring (bicyclic) bond motifs is 1. The van der Waals surface area contributed by atoms with Crippen LogP contribution >= 0.6 is 0 Å². The van der Waals surface area contributed by atoms with E-state index in [9.17, 15) is 4.79 Å². The zero-order valence-corrected chi connectivity index (χ0v) is 8.66. The molecule has 3 nitrogen and oxygen atoms in total. The number of rotatable bonds is 1. The molecule has 0 spiro atoms. The molecule has 0 radical (unpaired) electrons. The lowest BCUT2D eigenvalue weighted by Gasteiger charge is -1.96. The van der Waals surface area contributed by atoms with E-state index >= 15 is 0 Å². The van der Waals surface area contributed by atoms with Gasteiger partial charge < -0.3 is 4.98 Å². The highest BCUT2D eigenvalue weighted by Crippen LogP contribution is 2.13. The van der Waals surface area contributed by atoms with Crippen molar-refractivity contribution < 1.29 is 0 Å². The highest BCUT2D eigenvalue weighted by molar-refractivity contribution is 5.42. The van der Waals surface area contributed by atoms with Crippen molar-refractivity contribution in [3.63, 3.8) is 0 Å². The number of imidazole rings is 1. The van der Waals surface area contributed by atoms with E-state index in [1.54, 1.807) is 10.5 Å². The summed E-state index contributed by atoms with van der Waals surface area (Å²) in [5.74, 6) is 0.412. The molecular weight excluding hydrogens is 176 g/mol. The van der Waals surface area contributed by atoms with Gasteiger partial charge in [0.25, 0.3) is 5.56 Å². The van der Waals surface area contributed by atoms with E-state index in [2.05, 4.69) is 18.8 Å². The average molecular weight is 190 g/mol. The Kier molecular flexibility index (Phi) is 1.95. The van der Waals surface area contributed by atoms with Crippen molar-refractivity contribution in [2.75, 3.05) is 0 Å². The SMILES string of the molecule is Cc1cc(=O)n2cc(C(C)C)[nH]c2c1. The van der Waals surface area contributed by atoms with Gasteiger partial charge in [0.1, 0.15) is 5.65 Å². The van der Waals surface area contributed by atoms with Gasteiger partial charge in [-0.25, -0.2) is 0 Å². The normalized spacial score (nSPS) is 11.4. The number of nitrogens with one attached hydrogen (secondary N) is 1. The highest BCUT2D eigenvalue weighted by atomic mass is 16.1. The van der Waals surface area contributed by atoms with Gasteiger partial charge in [0.05, 0.1) is 0 Å². The maximum atomic E-state index is 11.6. The summed E-state index contributed by atoms with van der Waals surface area (Å²) in [6.45, 7) is 6.13. The minimum atomic E-state index is 0.0307. The largest absolute Gasteiger partial charge is 0.343 e. The molecule has 0 aliphatic carbocycles. The molecule has 0 aliphatic rings. The third-order valence-electron chi connectivity index (χ3n) is 2.38. The van der Waals surface area contributed by atoms with Gasteiger partial charge in [-0.1, -0.05) is 13.8 Å². The molecule has 2 aromatic heterocycles. The number of aromatic amines is 1. The molecule has 0 fully saturated rings. The Bertz CT molecular complexity index is 520. The second kappa shape index (κ2) is 3.01. The number of aromatic nitrogens is 2. The Labute approximate surface area is 82.4 Å². The fourth-order valence-corrected chi connectivity index (χ4v) is 1.55. The predicted octanol–water partition coefficient (Wildman–Crippen LogP) is 2.06. The molecule has 0 amide bonds. The summed E-state index contributed by atoms with van der Waals surface area (Å²) in [6, 6.07) is 3.62. The van der Waals surface area contributed by atoms with E-state index in [0.29, 0.717) is 5.92 Å². The molecule has 3 heteroatoms. The van der Waals surface area contributed by atoms with Crippen LogP contribution < -0.4 is 5.56 Å². The third kappa shape index (κ3) is 1.35. The number of pyridine rings is 1. The molecule has 0 bridgehead atoms. The predicted molar refractivity (Wildman–Crippen MR) is 56.8 cm³/mol. The van der Waals surface area contributed by atoms with Crippen molar-refractivity contribution in [3.05, 3.63) is 39.9 Å². The lowest BCUT2D eigenvalue weighted by molar-refractivity contribution is 0.833. The lowest BCUT2D eigenvalue weighted by atomic mass is 10.2. The Morgan fingerprint density at radius 1 is 1.36 bits per heavy atom. The number of hydrogen-bond donors (Lipinski definition) is 1. The van der Waals surface area contributed by atoms with E-state index in [1.807, 2.05) is 19.2 Å². The van der Waals surface area contributed by atoms with E-state index in [4.69, 9.17) is 0 Å². The van der Waals surface area contributed by atoms with Crippen LogP contribution in [0, 0.1) is 6.92 Å². The highest BCUT2D eigenvalue weighted by Gasteiger charge is 2.05. The fraction of sp³-hybridized carbons (Fsp3) is 0.364. The van der Waals surface area contributed by atoms with Crippen LogP contribution in [0.1, 0.15) is 31.0 Å². The van der Waals surface area contributed by atoms with E-state index in [0.717, 1.165) is 16.9 Å². The number of H-pyrrole nitrogens is 1. The first kappa shape index (κ1) is 9.06. The first-order valence-corrected chi connectivity index (χ1v) is 4.80. The van der Waals surface area contributed by atoms with Crippen molar-refractivity contribution in [2.45, 2.75) is 26.7 Å². The Hall–Kier alpha value is -1.51. The average Bonchev–Trinajstić information content (AvgIpc) is 2.47. The van der Waals surface area contributed by atoms with Gasteiger partial charge in [-0.2, -0.15) is 0 Å². The maximum Gasteiger partial charge on any atom is 0.256 e. The lowest BCUT2D eigenvalue weighted by Crippen LogP contribution is -2.10. The van der Waals surface area contributed by atoms with E-state index < -0.39 is 0 Å². The quantitative estimate of drug-likeness (QED) is 0.734. The van der Waals surface area contributed by atoms with Crippen LogP contribution in [0.2, 0.25) is 0 Å². The molecule has 14 heavy (non-hydrogen) atoms. The van der Waals surface area contributed by atoms with Gasteiger partial charge in [-0.05, 0) is 24.5 Å². The number of hydrogen-bond acceptors (Lipinski definition) is 1. The number of nitrogens with zero attached hydrogens (tertiary/aromatic N) is 1. The Morgan fingerprint density at radius 3 is 2.71 bits per heavy atom. The van der Waals surface area contributed by atoms with Crippen molar-refractivity contribution in [1.82, 2.24) is 9.38 Å². The first-order chi connectivity index (χ1) is 6.58. The summed E-state index contributed by atoms with van der Waals surface area (Å²) in [6.07, 6.45) is 1.88. The van der Waals surface area contributed by atoms with Crippen molar-refractivity contribution in [1.29, 1.82) is 0 Å². The van der Waals surface area contributed by atoms with Crippen molar-refractivity contribution in [3.8, 4) is 0 Å². The summed E-state index contributed by atoms with van der Waals surface area (Å²) in [5, 5.41) is 0. The Morgan fingerprint density at radius 2 is 2.07 bits per heavy atom. The summed E-state index contributed by atoms with van der Waals surface area (Å²) >= 11 is 0. The van der Waals surface area contributed by atoms with Gasteiger partial charge in [-0.15, -0.1) is 0 Å². The van der Waals surface area contributed by atoms with Crippen molar-refractivity contribution in [2.24, 2.45) is 0 Å². The van der Waals surface area contributed by atoms with Gasteiger partial charge in [0.2, 0.25) is 0 Å². The zero-order valence-electron chi connectivity index (χ0n) is 8.66. The molecule has 0 saturated heterocycles. The third-order valence-corrected chi connectivity index (χ3v) is 2.38. The van der Waals surface area contributed by atoms with Crippen LogP contribution in [0.5, 0.6) is 0 Å². The summed E-state index contributed by atoms with van der Waals surface area (Å²) < 4.78 is 1.66. The monoisotopic (exact) mass is 190 g/mol. The van der Waals surface area contributed by atoms with Crippen molar-refractivity contribution >= 4 is 5.65 Å². The second-order valence-corrected chi connectivity index (χ2v) is 3.99. The van der Waals surface area contributed by atoms with Gasteiger partial charge >= 0.3 is 0 Å². The molecule has 1 N–H and O–H groups in total.